The molecule has 0 bridgehead atoms. The Morgan fingerprint density at radius 1 is 1.00 bits per heavy atom. The first-order chi connectivity index (χ1) is 17.5. The molecule has 1 unspecified atom stereocenters. The fourth-order valence-corrected chi connectivity index (χ4v) is 4.37. The zero-order valence-corrected chi connectivity index (χ0v) is 22.0. The van der Waals surface area contributed by atoms with E-state index in [1.54, 1.807) is 29.2 Å². The molecule has 2 amide bonds. The molecule has 1 aromatic rings. The molecule has 0 aromatic heterocycles. The molecular formula is C27H44N4O5. The summed E-state index contributed by atoms with van der Waals surface area (Å²) >= 11 is 0. The van der Waals surface area contributed by atoms with Crippen LogP contribution in [0.2, 0.25) is 0 Å². The second-order valence-corrected chi connectivity index (χ2v) is 9.24. The summed E-state index contributed by atoms with van der Waals surface area (Å²) in [6.45, 7) is 11.1. The third-order valence-corrected chi connectivity index (χ3v) is 6.34. The summed E-state index contributed by atoms with van der Waals surface area (Å²) in [6.07, 6.45) is 2.66. The number of aliphatic hydroxyl groups excluding tert-OH is 1. The van der Waals surface area contributed by atoms with Crippen LogP contribution in [-0.2, 0) is 14.3 Å². The molecule has 1 saturated heterocycles. The van der Waals surface area contributed by atoms with Gasteiger partial charge in [-0.25, -0.2) is 0 Å². The highest BCUT2D eigenvalue weighted by Crippen LogP contribution is 2.09. The van der Waals surface area contributed by atoms with E-state index < -0.39 is 6.04 Å². The zero-order valence-electron chi connectivity index (χ0n) is 22.0. The van der Waals surface area contributed by atoms with Crippen molar-refractivity contribution in [1.29, 1.82) is 0 Å². The van der Waals surface area contributed by atoms with Crippen LogP contribution in [0.4, 0.5) is 0 Å². The van der Waals surface area contributed by atoms with E-state index in [1.807, 2.05) is 19.9 Å². The van der Waals surface area contributed by atoms with Gasteiger partial charge in [0.2, 0.25) is 5.91 Å². The topological polar surface area (TPSA) is 102 Å². The molecule has 36 heavy (non-hydrogen) atoms. The van der Waals surface area contributed by atoms with Gasteiger partial charge in [0.1, 0.15) is 6.04 Å². The summed E-state index contributed by atoms with van der Waals surface area (Å²) in [6, 6.07) is 8.01. The number of esters is 1. The highest BCUT2D eigenvalue weighted by Gasteiger charge is 2.26. The summed E-state index contributed by atoms with van der Waals surface area (Å²) < 4.78 is 5.42. The van der Waals surface area contributed by atoms with Crippen LogP contribution in [0.3, 0.4) is 0 Å². The van der Waals surface area contributed by atoms with E-state index in [9.17, 15) is 14.4 Å². The first-order valence-electron chi connectivity index (χ1n) is 13.3. The number of β-amino-alcohol motifs (C(OH)–C–C–N with tert-alkyl or cyclic N) is 1. The Hall–Kier alpha value is -2.49. The van der Waals surface area contributed by atoms with Gasteiger partial charge in [0, 0.05) is 64.3 Å². The second kappa shape index (κ2) is 17.1. The SMILES string of the molecule is CCCN(CCC)C(=O)C(CCC(=O)OCCCN1CCN(CCO)CC1)NC(=O)c1ccccc1. The number of carbonyl (C=O) groups is 3. The highest BCUT2D eigenvalue weighted by atomic mass is 16.5. The summed E-state index contributed by atoms with van der Waals surface area (Å²) in [5.41, 5.74) is 0.479. The third kappa shape index (κ3) is 10.6. The maximum absolute atomic E-state index is 13.2. The number of nitrogens with one attached hydrogen (secondary N) is 1. The lowest BCUT2D eigenvalue weighted by atomic mass is 10.1. The number of rotatable bonds is 16. The Kier molecular flexibility index (Phi) is 14.1. The van der Waals surface area contributed by atoms with Crippen molar-refractivity contribution in [3.05, 3.63) is 35.9 Å². The van der Waals surface area contributed by atoms with Crippen molar-refractivity contribution < 1.29 is 24.2 Å². The van der Waals surface area contributed by atoms with Gasteiger partial charge in [-0.2, -0.15) is 0 Å². The molecule has 1 fully saturated rings. The average molecular weight is 505 g/mol. The van der Waals surface area contributed by atoms with Crippen LogP contribution in [0.5, 0.6) is 0 Å². The van der Waals surface area contributed by atoms with Crippen molar-refractivity contribution in [2.75, 3.05) is 65.6 Å². The minimum Gasteiger partial charge on any atom is -0.466 e. The Morgan fingerprint density at radius 2 is 1.61 bits per heavy atom. The van der Waals surface area contributed by atoms with Crippen molar-refractivity contribution in [1.82, 2.24) is 20.0 Å². The van der Waals surface area contributed by atoms with Crippen LogP contribution in [0.15, 0.2) is 30.3 Å². The average Bonchev–Trinajstić information content (AvgIpc) is 2.90. The van der Waals surface area contributed by atoms with E-state index in [0.29, 0.717) is 25.3 Å². The molecule has 2 N–H and O–H groups in total. The number of aliphatic hydroxyl groups is 1. The van der Waals surface area contributed by atoms with Gasteiger partial charge >= 0.3 is 5.97 Å². The number of hydrogen-bond acceptors (Lipinski definition) is 7. The van der Waals surface area contributed by atoms with Gasteiger partial charge in [-0.1, -0.05) is 32.0 Å². The van der Waals surface area contributed by atoms with Gasteiger partial charge < -0.3 is 25.0 Å². The molecule has 2 rings (SSSR count). The minimum atomic E-state index is -0.779. The smallest absolute Gasteiger partial charge is 0.305 e. The molecule has 0 aliphatic carbocycles. The summed E-state index contributed by atoms with van der Waals surface area (Å²) in [5, 5.41) is 11.9. The molecule has 1 atom stereocenters. The fraction of sp³-hybridized carbons (Fsp3) is 0.667. The molecule has 1 aliphatic rings. The first kappa shape index (κ1) is 29.7. The van der Waals surface area contributed by atoms with Crippen molar-refractivity contribution in [2.24, 2.45) is 0 Å². The molecule has 0 spiro atoms. The molecular weight excluding hydrogens is 460 g/mol. The normalized spacial score (nSPS) is 15.3. The summed E-state index contributed by atoms with van der Waals surface area (Å²) in [4.78, 5) is 44.7. The highest BCUT2D eigenvalue weighted by molar-refractivity contribution is 5.97. The lowest BCUT2D eigenvalue weighted by molar-refractivity contribution is -0.144. The molecule has 0 radical (unpaired) electrons. The molecule has 9 nitrogen and oxygen atoms in total. The van der Waals surface area contributed by atoms with Crippen LogP contribution in [0.1, 0.15) is 56.3 Å². The maximum atomic E-state index is 13.2. The molecule has 0 saturated carbocycles. The molecule has 202 valence electrons. The largest absolute Gasteiger partial charge is 0.466 e. The lowest BCUT2D eigenvalue weighted by Crippen LogP contribution is -2.49. The Labute approximate surface area is 215 Å². The van der Waals surface area contributed by atoms with Crippen molar-refractivity contribution in [3.63, 3.8) is 0 Å². The molecule has 1 aromatic carbocycles. The van der Waals surface area contributed by atoms with Gasteiger partial charge in [-0.15, -0.1) is 0 Å². The minimum absolute atomic E-state index is 0.0669. The standard InChI is InChI=1S/C27H44N4O5/c1-3-13-31(14-4-2)27(35)24(28-26(34)23-9-6-5-7-10-23)11-12-25(33)36-22-8-15-29-16-18-30(19-17-29)20-21-32/h5-7,9-10,24,32H,3-4,8,11-22H2,1-2H3,(H,28,34). The van der Waals surface area contributed by atoms with Crippen molar-refractivity contribution in [2.45, 2.75) is 52.0 Å². The van der Waals surface area contributed by atoms with Gasteiger partial charge in [0.25, 0.3) is 5.91 Å². The van der Waals surface area contributed by atoms with E-state index in [0.717, 1.165) is 58.5 Å². The van der Waals surface area contributed by atoms with E-state index in [1.165, 1.54) is 0 Å². The van der Waals surface area contributed by atoms with Crippen LogP contribution in [0.25, 0.3) is 0 Å². The Balaban J connectivity index is 1.82. The van der Waals surface area contributed by atoms with E-state index >= 15 is 0 Å². The Bertz CT molecular complexity index is 778. The van der Waals surface area contributed by atoms with Gasteiger partial charge in [-0.3, -0.25) is 19.3 Å². The Morgan fingerprint density at radius 3 is 2.19 bits per heavy atom. The van der Waals surface area contributed by atoms with Crippen molar-refractivity contribution >= 4 is 17.8 Å². The predicted octanol–water partition coefficient (Wildman–Crippen LogP) is 1.76. The van der Waals surface area contributed by atoms with Crippen molar-refractivity contribution in [3.8, 4) is 0 Å². The summed E-state index contributed by atoms with van der Waals surface area (Å²) in [5.74, 6) is -0.836. The monoisotopic (exact) mass is 504 g/mol. The van der Waals surface area contributed by atoms with Gasteiger partial charge in [-0.05, 0) is 37.8 Å². The number of amides is 2. The number of carbonyl (C=O) groups excluding carboxylic acids is 3. The van der Waals surface area contributed by atoms with E-state index in [4.69, 9.17) is 9.84 Å². The van der Waals surface area contributed by atoms with Crippen LogP contribution in [-0.4, -0.2) is 109 Å². The number of ether oxygens (including phenoxy) is 1. The number of benzene rings is 1. The molecule has 1 heterocycles. The zero-order chi connectivity index (χ0) is 26.2. The lowest BCUT2D eigenvalue weighted by Gasteiger charge is -2.34. The van der Waals surface area contributed by atoms with Crippen LogP contribution in [0, 0.1) is 0 Å². The molecule has 1 aliphatic heterocycles. The first-order valence-corrected chi connectivity index (χ1v) is 13.3. The van der Waals surface area contributed by atoms with Gasteiger partial charge in [0.05, 0.1) is 13.2 Å². The van der Waals surface area contributed by atoms with Crippen LogP contribution >= 0.6 is 0 Å². The fourth-order valence-electron chi connectivity index (χ4n) is 4.37. The maximum Gasteiger partial charge on any atom is 0.305 e. The van der Waals surface area contributed by atoms with E-state index in [-0.39, 0.29) is 37.2 Å². The predicted molar refractivity (Wildman–Crippen MR) is 140 cm³/mol. The molecule has 9 heteroatoms. The van der Waals surface area contributed by atoms with Crippen LogP contribution < -0.4 is 5.32 Å². The van der Waals surface area contributed by atoms with Gasteiger partial charge in [0.15, 0.2) is 0 Å². The number of nitrogens with zero attached hydrogens (tertiary/aromatic N) is 3. The second-order valence-electron chi connectivity index (χ2n) is 9.24. The number of piperazine rings is 1. The quantitative estimate of drug-likeness (QED) is 0.261. The van der Waals surface area contributed by atoms with E-state index in [2.05, 4.69) is 15.1 Å². The number of hydrogen-bond donors (Lipinski definition) is 2. The summed E-state index contributed by atoms with van der Waals surface area (Å²) in [7, 11) is 0. The third-order valence-electron chi connectivity index (χ3n) is 6.34.